The van der Waals surface area contributed by atoms with E-state index in [0.29, 0.717) is 44.9 Å². The van der Waals surface area contributed by atoms with Crippen molar-refractivity contribution in [3.05, 3.63) is 29.8 Å². The number of rotatable bonds is 2. The maximum absolute atomic E-state index is 13.2. The lowest BCUT2D eigenvalue weighted by molar-refractivity contribution is -0.131. The second-order valence-corrected chi connectivity index (χ2v) is 7.06. The Balaban J connectivity index is 1.54. The number of ether oxygens (including phenoxy) is 2. The van der Waals surface area contributed by atoms with Gasteiger partial charge >= 0.3 is 0 Å². The van der Waals surface area contributed by atoms with Gasteiger partial charge in [-0.2, -0.15) is 0 Å². The number of para-hydroxylation sites is 1. The minimum Gasteiger partial charge on any atom is -0.378 e. The van der Waals surface area contributed by atoms with E-state index in [1.165, 1.54) is 0 Å². The summed E-state index contributed by atoms with van der Waals surface area (Å²) in [6.45, 7) is 4.40. The van der Waals surface area contributed by atoms with Crippen LogP contribution in [0.4, 0.5) is 5.69 Å². The Morgan fingerprint density at radius 3 is 2.69 bits per heavy atom. The molecule has 3 heterocycles. The molecule has 0 spiro atoms. The number of carbonyl (C=O) groups is 2. The number of carbonyl (C=O) groups excluding carboxylic acids is 2. The molecule has 0 N–H and O–H groups in total. The van der Waals surface area contributed by atoms with Crippen molar-refractivity contribution in [3.8, 4) is 0 Å². The lowest BCUT2D eigenvalue weighted by Crippen LogP contribution is -2.43. The topological polar surface area (TPSA) is 62.3 Å². The van der Waals surface area contributed by atoms with Gasteiger partial charge in [-0.3, -0.25) is 9.59 Å². The quantitative estimate of drug-likeness (QED) is 0.774. The predicted octanol–water partition coefficient (Wildman–Crippen LogP) is 0.595. The summed E-state index contributed by atoms with van der Waals surface area (Å²) >= 11 is 0. The van der Waals surface area contributed by atoms with Gasteiger partial charge in [-0.05, 0) is 12.1 Å². The highest BCUT2D eigenvalue weighted by Crippen LogP contribution is 2.27. The molecule has 1 aromatic carbocycles. The van der Waals surface area contributed by atoms with Gasteiger partial charge in [0.1, 0.15) is 0 Å². The van der Waals surface area contributed by atoms with Crippen LogP contribution < -0.4 is 4.90 Å². The molecule has 3 aliphatic rings. The molecular weight excluding hydrogens is 334 g/mol. The predicted molar refractivity (Wildman–Crippen MR) is 96.3 cm³/mol. The molecule has 3 saturated heterocycles. The number of anilines is 1. The highest BCUT2D eigenvalue weighted by molar-refractivity contribution is 6.00. The Kier molecular flexibility index (Phi) is 4.82. The van der Waals surface area contributed by atoms with E-state index in [9.17, 15) is 9.59 Å². The van der Waals surface area contributed by atoms with Gasteiger partial charge in [0.25, 0.3) is 5.91 Å². The zero-order valence-electron chi connectivity index (χ0n) is 15.1. The van der Waals surface area contributed by atoms with Crippen LogP contribution in [0.3, 0.4) is 0 Å². The van der Waals surface area contributed by atoms with E-state index < -0.39 is 0 Å². The molecule has 3 fully saturated rings. The molecule has 26 heavy (non-hydrogen) atoms. The normalized spacial score (nSPS) is 26.7. The Bertz CT molecular complexity index is 689. The number of likely N-dealkylation sites (tertiary alicyclic amines) is 1. The van der Waals surface area contributed by atoms with E-state index in [2.05, 4.69) is 4.90 Å². The molecule has 2 atom stereocenters. The Hall–Kier alpha value is -2.12. The number of hydrogen-bond donors (Lipinski definition) is 0. The van der Waals surface area contributed by atoms with Gasteiger partial charge < -0.3 is 24.2 Å². The molecule has 0 bridgehead atoms. The van der Waals surface area contributed by atoms with Crippen LogP contribution in [0, 0.1) is 0 Å². The van der Waals surface area contributed by atoms with Crippen LogP contribution in [0.5, 0.6) is 0 Å². The fourth-order valence-electron chi connectivity index (χ4n) is 4.02. The zero-order chi connectivity index (χ0) is 18.1. The lowest BCUT2D eigenvalue weighted by atomic mass is 10.1. The molecule has 3 aliphatic heterocycles. The van der Waals surface area contributed by atoms with Crippen LogP contribution >= 0.6 is 0 Å². The van der Waals surface area contributed by atoms with Crippen molar-refractivity contribution < 1.29 is 19.1 Å². The molecule has 2 amide bonds. The number of hydrogen-bond acceptors (Lipinski definition) is 5. The molecule has 140 valence electrons. The SMILES string of the molecule is CN1C(=O)CCO[C@H]2CN(C(=O)c3ccccc3N3CCOCC3)C[C@@H]21. The van der Waals surface area contributed by atoms with Gasteiger partial charge in [-0.15, -0.1) is 0 Å². The van der Waals surface area contributed by atoms with Crippen LogP contribution in [-0.4, -0.2) is 86.8 Å². The number of fused-ring (bicyclic) bond motifs is 1. The summed E-state index contributed by atoms with van der Waals surface area (Å²) in [6, 6.07) is 7.68. The molecule has 7 nitrogen and oxygen atoms in total. The maximum Gasteiger partial charge on any atom is 0.256 e. The van der Waals surface area contributed by atoms with Crippen molar-refractivity contribution in [3.63, 3.8) is 0 Å². The van der Waals surface area contributed by atoms with E-state index in [-0.39, 0.29) is 24.0 Å². The summed E-state index contributed by atoms with van der Waals surface area (Å²) in [7, 11) is 1.81. The van der Waals surface area contributed by atoms with Crippen molar-refractivity contribution >= 4 is 17.5 Å². The third-order valence-corrected chi connectivity index (χ3v) is 5.55. The lowest BCUT2D eigenvalue weighted by Gasteiger charge is -2.31. The first-order chi connectivity index (χ1) is 12.6. The number of morpholine rings is 1. The van der Waals surface area contributed by atoms with Crippen molar-refractivity contribution in [1.82, 2.24) is 9.80 Å². The molecule has 0 unspecified atom stereocenters. The van der Waals surface area contributed by atoms with E-state index in [1.54, 1.807) is 4.90 Å². The standard InChI is InChI=1S/C19H25N3O4/c1-20-16-12-22(13-17(16)26-9-6-18(20)23)19(24)14-4-2-3-5-15(14)21-7-10-25-11-8-21/h2-5,16-17H,6-13H2,1H3/t16-,17-/m0/s1. The Morgan fingerprint density at radius 2 is 1.88 bits per heavy atom. The van der Waals surface area contributed by atoms with Gasteiger partial charge in [0.05, 0.1) is 44.0 Å². The smallest absolute Gasteiger partial charge is 0.256 e. The van der Waals surface area contributed by atoms with E-state index in [4.69, 9.17) is 9.47 Å². The third kappa shape index (κ3) is 3.17. The molecule has 0 aliphatic carbocycles. The molecule has 4 rings (SSSR count). The molecule has 1 aromatic rings. The molecule has 0 aromatic heterocycles. The Morgan fingerprint density at radius 1 is 1.12 bits per heavy atom. The highest BCUT2D eigenvalue weighted by Gasteiger charge is 2.42. The second-order valence-electron chi connectivity index (χ2n) is 7.06. The minimum absolute atomic E-state index is 0.00427. The van der Waals surface area contributed by atoms with Crippen molar-refractivity contribution in [1.29, 1.82) is 0 Å². The van der Waals surface area contributed by atoms with Gasteiger partial charge in [-0.1, -0.05) is 12.1 Å². The van der Waals surface area contributed by atoms with Gasteiger partial charge in [0.15, 0.2) is 0 Å². The van der Waals surface area contributed by atoms with Crippen LogP contribution in [0.2, 0.25) is 0 Å². The van der Waals surface area contributed by atoms with E-state index in [1.807, 2.05) is 36.2 Å². The summed E-state index contributed by atoms with van der Waals surface area (Å²) in [5, 5.41) is 0. The summed E-state index contributed by atoms with van der Waals surface area (Å²) in [5.41, 5.74) is 1.66. The Labute approximate surface area is 153 Å². The summed E-state index contributed by atoms with van der Waals surface area (Å²) in [5.74, 6) is 0.0881. The monoisotopic (exact) mass is 359 g/mol. The second kappa shape index (κ2) is 7.25. The molecule has 0 saturated carbocycles. The van der Waals surface area contributed by atoms with Crippen LogP contribution in [0.25, 0.3) is 0 Å². The summed E-state index contributed by atoms with van der Waals surface area (Å²) in [4.78, 5) is 31.1. The van der Waals surface area contributed by atoms with Gasteiger partial charge in [-0.25, -0.2) is 0 Å². The average Bonchev–Trinajstić information content (AvgIpc) is 3.06. The fraction of sp³-hybridized carbons (Fsp3) is 0.579. The van der Waals surface area contributed by atoms with Crippen LogP contribution in [0.15, 0.2) is 24.3 Å². The summed E-state index contributed by atoms with van der Waals surface area (Å²) < 4.78 is 11.3. The minimum atomic E-state index is -0.106. The maximum atomic E-state index is 13.2. The fourth-order valence-corrected chi connectivity index (χ4v) is 4.02. The third-order valence-electron chi connectivity index (χ3n) is 5.55. The average molecular weight is 359 g/mol. The number of benzene rings is 1. The van der Waals surface area contributed by atoms with E-state index in [0.717, 1.165) is 18.8 Å². The first-order valence-corrected chi connectivity index (χ1v) is 9.23. The highest BCUT2D eigenvalue weighted by atomic mass is 16.5. The number of likely N-dealkylation sites (N-methyl/N-ethyl adjacent to an activating group) is 1. The largest absolute Gasteiger partial charge is 0.378 e. The first kappa shape index (κ1) is 17.3. The van der Waals surface area contributed by atoms with Crippen molar-refractivity contribution in [2.24, 2.45) is 0 Å². The molecule has 7 heteroatoms. The van der Waals surface area contributed by atoms with Crippen LogP contribution in [-0.2, 0) is 14.3 Å². The first-order valence-electron chi connectivity index (χ1n) is 9.23. The molecular formula is C19H25N3O4. The van der Waals surface area contributed by atoms with E-state index >= 15 is 0 Å². The number of nitrogens with zero attached hydrogens (tertiary/aromatic N) is 3. The number of amides is 2. The van der Waals surface area contributed by atoms with Gasteiger partial charge in [0, 0.05) is 38.9 Å². The van der Waals surface area contributed by atoms with Crippen molar-refractivity contribution in [2.45, 2.75) is 18.6 Å². The summed E-state index contributed by atoms with van der Waals surface area (Å²) in [6.07, 6.45) is 0.308. The molecule has 0 radical (unpaired) electrons. The van der Waals surface area contributed by atoms with Gasteiger partial charge in [0.2, 0.25) is 5.91 Å². The zero-order valence-corrected chi connectivity index (χ0v) is 15.1. The van der Waals surface area contributed by atoms with Crippen molar-refractivity contribution in [2.75, 3.05) is 57.9 Å². The van der Waals surface area contributed by atoms with Crippen LogP contribution in [0.1, 0.15) is 16.8 Å².